The average molecular weight is 254 g/mol. The van der Waals surface area contributed by atoms with Gasteiger partial charge in [-0.3, -0.25) is 14.9 Å². The molecule has 1 atom stereocenters. The van der Waals surface area contributed by atoms with E-state index in [-0.39, 0.29) is 29.4 Å². The summed E-state index contributed by atoms with van der Waals surface area (Å²) in [4.78, 5) is 22.2. The maximum atomic E-state index is 12.0. The van der Waals surface area contributed by atoms with E-state index >= 15 is 0 Å². The number of nitrogens with zero attached hydrogens (tertiary/aromatic N) is 2. The Morgan fingerprint density at radius 2 is 2.17 bits per heavy atom. The van der Waals surface area contributed by atoms with Crippen molar-refractivity contribution in [3.8, 4) is 0 Å². The molecule has 1 heterocycles. The highest BCUT2D eigenvalue weighted by Crippen LogP contribution is 2.20. The molecule has 7 heteroatoms. The minimum Gasteiger partial charge on any atom is -0.347 e. The molecule has 1 unspecified atom stereocenters. The third-order valence-corrected chi connectivity index (χ3v) is 2.56. The van der Waals surface area contributed by atoms with Crippen molar-refractivity contribution in [2.24, 2.45) is 5.73 Å². The molecule has 0 bridgehead atoms. The van der Waals surface area contributed by atoms with Gasteiger partial charge in [0.05, 0.1) is 11.1 Å². The number of carbonyl (C=O) groups is 1. The summed E-state index contributed by atoms with van der Waals surface area (Å²) in [6.45, 7) is 5.80. The van der Waals surface area contributed by atoms with Crippen molar-refractivity contribution in [1.82, 2.24) is 9.88 Å². The molecule has 0 aliphatic rings. The van der Waals surface area contributed by atoms with Crippen LogP contribution in [0.5, 0.6) is 0 Å². The zero-order chi connectivity index (χ0) is 13.9. The molecular weight excluding hydrogens is 236 g/mol. The van der Waals surface area contributed by atoms with Crippen molar-refractivity contribution in [3.63, 3.8) is 0 Å². The first kappa shape index (κ1) is 14.2. The van der Waals surface area contributed by atoms with Crippen LogP contribution >= 0.6 is 0 Å². The Balaban J connectivity index is 3.06. The summed E-state index contributed by atoms with van der Waals surface area (Å²) in [6, 6.07) is 1.07. The van der Waals surface area contributed by atoms with Crippen molar-refractivity contribution in [2.45, 2.75) is 32.9 Å². The molecule has 7 nitrogen and oxygen atoms in total. The number of hydrogen-bond donors (Lipinski definition) is 2. The van der Waals surface area contributed by atoms with Crippen LogP contribution in [-0.2, 0) is 0 Å². The van der Waals surface area contributed by atoms with Crippen molar-refractivity contribution < 1.29 is 9.72 Å². The number of amides is 1. The van der Waals surface area contributed by atoms with E-state index in [0.717, 1.165) is 0 Å². The monoisotopic (exact) mass is 254 g/mol. The smallest absolute Gasteiger partial charge is 0.287 e. The molecule has 1 aromatic rings. The molecule has 0 aromatic carbocycles. The van der Waals surface area contributed by atoms with Crippen LogP contribution in [0.4, 0.5) is 5.69 Å². The average Bonchev–Trinajstić information content (AvgIpc) is 2.73. The predicted molar refractivity (Wildman–Crippen MR) is 67.5 cm³/mol. The lowest BCUT2D eigenvalue weighted by atomic mass is 10.3. The van der Waals surface area contributed by atoms with Gasteiger partial charge >= 0.3 is 0 Å². The highest BCUT2D eigenvalue weighted by Gasteiger charge is 2.21. The number of nitro groups is 1. The first-order valence-electron chi connectivity index (χ1n) is 5.74. The van der Waals surface area contributed by atoms with Gasteiger partial charge in [0.1, 0.15) is 5.69 Å². The van der Waals surface area contributed by atoms with Gasteiger partial charge in [0.25, 0.3) is 11.6 Å². The molecule has 100 valence electrons. The zero-order valence-electron chi connectivity index (χ0n) is 10.7. The quantitative estimate of drug-likeness (QED) is 0.605. The molecule has 1 rings (SSSR count). The SMILES string of the molecule is CC(CN)NC(=O)c1cc([N+](=O)[O-])cn1C(C)C. The summed E-state index contributed by atoms with van der Waals surface area (Å²) in [6.07, 6.45) is 1.37. The molecule has 1 aromatic heterocycles. The summed E-state index contributed by atoms with van der Waals surface area (Å²) in [7, 11) is 0. The molecule has 0 radical (unpaired) electrons. The Morgan fingerprint density at radius 1 is 1.56 bits per heavy atom. The molecule has 0 saturated heterocycles. The molecule has 0 fully saturated rings. The normalized spacial score (nSPS) is 12.5. The highest BCUT2D eigenvalue weighted by atomic mass is 16.6. The van der Waals surface area contributed by atoms with Crippen LogP contribution in [0.15, 0.2) is 12.3 Å². The highest BCUT2D eigenvalue weighted by molar-refractivity contribution is 5.93. The van der Waals surface area contributed by atoms with E-state index in [0.29, 0.717) is 6.54 Å². The largest absolute Gasteiger partial charge is 0.347 e. The second-order valence-corrected chi connectivity index (χ2v) is 4.45. The number of nitrogens with two attached hydrogens (primary N) is 1. The molecule has 0 saturated carbocycles. The predicted octanol–water partition coefficient (Wildman–Crippen LogP) is 1.05. The molecule has 0 spiro atoms. The van der Waals surface area contributed by atoms with Crippen LogP contribution in [0.1, 0.15) is 37.3 Å². The Labute approximate surface area is 105 Å². The third kappa shape index (κ3) is 3.07. The van der Waals surface area contributed by atoms with E-state index in [1.807, 2.05) is 13.8 Å². The van der Waals surface area contributed by atoms with Gasteiger partial charge in [-0.2, -0.15) is 0 Å². The molecule has 18 heavy (non-hydrogen) atoms. The summed E-state index contributed by atoms with van der Waals surface area (Å²) >= 11 is 0. The van der Waals surface area contributed by atoms with Gasteiger partial charge in [0, 0.05) is 24.7 Å². The lowest BCUT2D eigenvalue weighted by Crippen LogP contribution is -2.38. The van der Waals surface area contributed by atoms with Gasteiger partial charge in [-0.15, -0.1) is 0 Å². The van der Waals surface area contributed by atoms with Gasteiger partial charge in [0.15, 0.2) is 0 Å². The first-order chi connectivity index (χ1) is 8.36. The van der Waals surface area contributed by atoms with Crippen molar-refractivity contribution in [3.05, 3.63) is 28.1 Å². The second-order valence-electron chi connectivity index (χ2n) is 4.45. The van der Waals surface area contributed by atoms with Crippen LogP contribution in [0.25, 0.3) is 0 Å². The number of nitrogens with one attached hydrogen (secondary N) is 1. The van der Waals surface area contributed by atoms with E-state index in [4.69, 9.17) is 5.73 Å². The van der Waals surface area contributed by atoms with E-state index < -0.39 is 4.92 Å². The van der Waals surface area contributed by atoms with Gasteiger partial charge in [-0.25, -0.2) is 0 Å². The van der Waals surface area contributed by atoms with Crippen molar-refractivity contribution in [1.29, 1.82) is 0 Å². The van der Waals surface area contributed by atoms with E-state index in [2.05, 4.69) is 5.32 Å². The fourth-order valence-electron chi connectivity index (χ4n) is 1.53. The minimum absolute atomic E-state index is 0.0346. The maximum Gasteiger partial charge on any atom is 0.287 e. The summed E-state index contributed by atoms with van der Waals surface area (Å²) < 4.78 is 1.58. The summed E-state index contributed by atoms with van der Waals surface area (Å²) in [5.41, 5.74) is 5.61. The molecule has 1 amide bonds. The maximum absolute atomic E-state index is 12.0. The fourth-order valence-corrected chi connectivity index (χ4v) is 1.53. The lowest BCUT2D eigenvalue weighted by molar-refractivity contribution is -0.384. The molecular formula is C11H18N4O3. The van der Waals surface area contributed by atoms with Crippen LogP contribution in [0.2, 0.25) is 0 Å². The third-order valence-electron chi connectivity index (χ3n) is 2.56. The fraction of sp³-hybridized carbons (Fsp3) is 0.545. The van der Waals surface area contributed by atoms with Gasteiger partial charge < -0.3 is 15.6 Å². The molecule has 0 aliphatic heterocycles. The molecule has 0 aliphatic carbocycles. The molecule has 3 N–H and O–H groups in total. The summed E-state index contributed by atoms with van der Waals surface area (Å²) in [5, 5.41) is 13.4. The van der Waals surface area contributed by atoms with Crippen LogP contribution in [-0.4, -0.2) is 28.0 Å². The number of aromatic nitrogens is 1. The Hall–Kier alpha value is -1.89. The van der Waals surface area contributed by atoms with Gasteiger partial charge in [0.2, 0.25) is 0 Å². The number of hydrogen-bond acceptors (Lipinski definition) is 4. The standard InChI is InChI=1S/C11H18N4O3/c1-7(2)14-6-9(15(17)18)4-10(14)11(16)13-8(3)5-12/h4,6-8H,5,12H2,1-3H3,(H,13,16). The Kier molecular flexibility index (Phi) is 4.43. The van der Waals surface area contributed by atoms with E-state index in [1.165, 1.54) is 12.3 Å². The van der Waals surface area contributed by atoms with E-state index in [1.54, 1.807) is 11.5 Å². The topological polar surface area (TPSA) is 103 Å². The lowest BCUT2D eigenvalue weighted by Gasteiger charge is -2.14. The van der Waals surface area contributed by atoms with Crippen LogP contribution < -0.4 is 11.1 Å². The van der Waals surface area contributed by atoms with Gasteiger partial charge in [-0.1, -0.05) is 0 Å². The van der Waals surface area contributed by atoms with E-state index in [9.17, 15) is 14.9 Å². The van der Waals surface area contributed by atoms with Crippen molar-refractivity contribution >= 4 is 11.6 Å². The number of rotatable bonds is 5. The summed E-state index contributed by atoms with van der Waals surface area (Å²) in [5.74, 6) is -0.352. The second kappa shape index (κ2) is 5.63. The minimum atomic E-state index is -0.512. The first-order valence-corrected chi connectivity index (χ1v) is 5.74. The van der Waals surface area contributed by atoms with Crippen LogP contribution in [0.3, 0.4) is 0 Å². The van der Waals surface area contributed by atoms with Gasteiger partial charge in [-0.05, 0) is 20.8 Å². The zero-order valence-corrected chi connectivity index (χ0v) is 10.7. The van der Waals surface area contributed by atoms with Crippen molar-refractivity contribution in [2.75, 3.05) is 6.54 Å². The Morgan fingerprint density at radius 3 is 2.61 bits per heavy atom. The number of carbonyl (C=O) groups excluding carboxylic acids is 1. The van der Waals surface area contributed by atoms with Crippen LogP contribution in [0, 0.1) is 10.1 Å². The Bertz CT molecular complexity index is 453.